The van der Waals surface area contributed by atoms with E-state index in [-0.39, 0.29) is 21.4 Å². The van der Waals surface area contributed by atoms with E-state index in [9.17, 15) is 26.7 Å². The lowest BCUT2D eigenvalue weighted by Crippen LogP contribution is -2.21. The predicted molar refractivity (Wildman–Crippen MR) is 125 cm³/mol. The van der Waals surface area contributed by atoms with Crippen LogP contribution < -0.4 is 5.73 Å². The molecule has 7 nitrogen and oxygen atoms in total. The molecule has 0 fully saturated rings. The molecule has 0 aliphatic heterocycles. The number of hydrogen-bond donors (Lipinski definition) is 4. The number of thioether (sulfide) groups is 1. The van der Waals surface area contributed by atoms with Crippen LogP contribution in [0.5, 0.6) is 5.75 Å². The van der Waals surface area contributed by atoms with Gasteiger partial charge in [-0.25, -0.2) is 13.2 Å². The molecule has 182 valence electrons. The molecule has 0 aliphatic carbocycles. The molecule has 0 aliphatic rings. The number of hydrogen-bond acceptors (Lipinski definition) is 7. The fourth-order valence-corrected chi connectivity index (χ4v) is 6.70. The van der Waals surface area contributed by atoms with E-state index >= 15 is 0 Å². The maximum absolute atomic E-state index is 13.2. The van der Waals surface area contributed by atoms with Crippen molar-refractivity contribution >= 4 is 56.3 Å². The molecule has 0 bridgehead atoms. The number of sulfone groups is 1. The molecule has 0 unspecified atom stereocenters. The lowest BCUT2D eigenvalue weighted by atomic mass is 10.1. The largest absolute Gasteiger partial charge is 0.508 e. The van der Waals surface area contributed by atoms with Crippen LogP contribution >= 0.6 is 34.7 Å². The summed E-state index contributed by atoms with van der Waals surface area (Å²) in [5, 5.41) is 25.2. The third-order valence-electron chi connectivity index (χ3n) is 4.04. The molecule has 1 aromatic heterocycles. The molecule has 14 heteroatoms. The number of nitrogens with two attached hydrogens (primary N) is 1. The third-order valence-corrected chi connectivity index (χ3v) is 8.68. The van der Waals surface area contributed by atoms with Crippen molar-refractivity contribution in [3.05, 3.63) is 58.4 Å². The van der Waals surface area contributed by atoms with Crippen LogP contribution in [0.25, 0.3) is 11.1 Å². The summed E-state index contributed by atoms with van der Waals surface area (Å²) < 4.78 is 58.7. The zero-order valence-corrected chi connectivity index (χ0v) is 20.3. The summed E-state index contributed by atoms with van der Waals surface area (Å²) in [6.07, 6.45) is -3.33. The van der Waals surface area contributed by atoms with Gasteiger partial charge in [-0.2, -0.15) is 13.2 Å². The van der Waals surface area contributed by atoms with Crippen molar-refractivity contribution in [1.29, 1.82) is 5.41 Å². The number of aromatic hydroxyl groups is 1. The first-order chi connectivity index (χ1) is 15.7. The lowest BCUT2D eigenvalue weighted by molar-refractivity contribution is -0.192. The number of carboxylic acids is 1. The van der Waals surface area contributed by atoms with E-state index in [1.54, 1.807) is 30.5 Å². The summed E-state index contributed by atoms with van der Waals surface area (Å²) in [7, 11) is -3.93. The monoisotopic (exact) mass is 552 g/mol. The van der Waals surface area contributed by atoms with Crippen LogP contribution in [0.2, 0.25) is 5.02 Å². The van der Waals surface area contributed by atoms with Crippen LogP contribution in [0.4, 0.5) is 13.2 Å². The number of alkyl halides is 3. The average molecular weight is 553 g/mol. The van der Waals surface area contributed by atoms with Crippen molar-refractivity contribution in [2.75, 3.05) is 6.26 Å². The van der Waals surface area contributed by atoms with E-state index in [0.717, 1.165) is 11.3 Å². The van der Waals surface area contributed by atoms with Crippen molar-refractivity contribution in [1.82, 2.24) is 0 Å². The van der Waals surface area contributed by atoms with E-state index in [1.165, 1.54) is 36.0 Å². The minimum absolute atomic E-state index is 0.0550. The fourth-order valence-electron chi connectivity index (χ4n) is 2.54. The Balaban J connectivity index is 0.000000509. The number of thiophene rings is 1. The number of nitrogens with one attached hydrogen (secondary N) is 1. The van der Waals surface area contributed by atoms with E-state index < -0.39 is 22.0 Å². The SMILES string of the molecule is CSc1sc(C(=N)N)cc1S(=O)(=O)c1cc(O)cc(-c2ccccc2Cl)c1.O=C(O)C(F)(F)F. The molecule has 0 saturated heterocycles. The summed E-state index contributed by atoms with van der Waals surface area (Å²) in [5.74, 6) is -3.13. The Kier molecular flexibility index (Phi) is 8.64. The summed E-state index contributed by atoms with van der Waals surface area (Å²) in [5.41, 5.74) is 6.62. The number of halogens is 4. The molecule has 0 spiro atoms. The van der Waals surface area contributed by atoms with Gasteiger partial charge in [0.25, 0.3) is 0 Å². The van der Waals surface area contributed by atoms with Crippen LogP contribution in [0.1, 0.15) is 4.88 Å². The first kappa shape index (κ1) is 27.5. The Morgan fingerprint density at radius 3 is 2.26 bits per heavy atom. The van der Waals surface area contributed by atoms with Crippen LogP contribution in [-0.2, 0) is 14.6 Å². The molecule has 0 atom stereocenters. The topological polar surface area (TPSA) is 142 Å². The number of phenolic OH excluding ortho intramolecular Hbond substituents is 1. The third kappa shape index (κ3) is 6.44. The van der Waals surface area contributed by atoms with E-state index in [2.05, 4.69) is 0 Å². The number of carbonyl (C=O) groups is 1. The Bertz CT molecular complexity index is 1340. The van der Waals surface area contributed by atoms with Gasteiger partial charge in [0.15, 0.2) is 0 Å². The molecule has 0 radical (unpaired) electrons. The normalized spacial score (nSPS) is 11.4. The maximum Gasteiger partial charge on any atom is 0.490 e. The van der Waals surface area contributed by atoms with Crippen molar-refractivity contribution < 1.29 is 36.6 Å². The summed E-state index contributed by atoms with van der Waals surface area (Å²) in [6, 6.07) is 12.5. The van der Waals surface area contributed by atoms with Crippen molar-refractivity contribution in [3.8, 4) is 16.9 Å². The van der Waals surface area contributed by atoms with Crippen LogP contribution in [0.15, 0.2) is 62.5 Å². The molecule has 0 saturated carbocycles. The van der Waals surface area contributed by atoms with Gasteiger partial charge in [-0.1, -0.05) is 29.8 Å². The first-order valence-corrected chi connectivity index (χ1v) is 12.7. The second-order valence-corrected chi connectivity index (χ2v) is 10.8. The van der Waals surface area contributed by atoms with Gasteiger partial charge in [-0.3, -0.25) is 5.41 Å². The zero-order valence-electron chi connectivity index (χ0n) is 17.1. The van der Waals surface area contributed by atoms with Crippen molar-refractivity contribution in [2.24, 2.45) is 5.73 Å². The first-order valence-electron chi connectivity index (χ1n) is 8.84. The van der Waals surface area contributed by atoms with E-state index in [1.807, 2.05) is 0 Å². The number of aliphatic carboxylic acids is 1. The Labute approximate surface area is 205 Å². The molecular weight excluding hydrogens is 537 g/mol. The van der Waals surface area contributed by atoms with Crippen LogP contribution in [-0.4, -0.2) is 42.9 Å². The van der Waals surface area contributed by atoms with Gasteiger partial charge in [-0.05, 0) is 42.2 Å². The molecule has 0 amide bonds. The van der Waals surface area contributed by atoms with Crippen LogP contribution in [0, 0.1) is 5.41 Å². The number of amidine groups is 1. The molecular formula is C20H16ClF3N2O5S3. The fraction of sp³-hybridized carbons (Fsp3) is 0.100. The lowest BCUT2D eigenvalue weighted by Gasteiger charge is -2.10. The standard InChI is InChI=1S/C18H15ClN2O3S3.C2HF3O2/c1-25-18-16(9-15(26-18)17(20)21)27(23,24)12-7-10(6-11(22)8-12)13-4-2-3-5-14(13)19;3-2(4,5)1(6)7/h2-9,22H,1H3,(H3,20,21);(H,6,7). The van der Waals surface area contributed by atoms with E-state index in [0.29, 0.717) is 25.2 Å². The van der Waals surface area contributed by atoms with Gasteiger partial charge >= 0.3 is 12.1 Å². The zero-order chi connectivity index (χ0) is 25.8. The molecule has 3 aromatic rings. The average Bonchev–Trinajstić information content (AvgIpc) is 3.19. The number of phenols is 1. The number of nitrogen functional groups attached to an aromatic ring is 1. The Hall–Kier alpha value is -2.74. The molecule has 3 rings (SSSR count). The second kappa shape index (κ2) is 10.7. The summed E-state index contributed by atoms with van der Waals surface area (Å²) in [6.45, 7) is 0. The minimum atomic E-state index is -5.08. The predicted octanol–water partition coefficient (Wildman–Crippen LogP) is 5.25. The minimum Gasteiger partial charge on any atom is -0.508 e. The molecule has 1 heterocycles. The molecule has 5 N–H and O–H groups in total. The number of carboxylic acid groups (broad SMARTS) is 1. The maximum atomic E-state index is 13.2. The van der Waals surface area contributed by atoms with Gasteiger partial charge in [0.2, 0.25) is 9.84 Å². The smallest absolute Gasteiger partial charge is 0.490 e. The van der Waals surface area contributed by atoms with Gasteiger partial charge in [0.1, 0.15) is 11.6 Å². The Morgan fingerprint density at radius 2 is 1.76 bits per heavy atom. The summed E-state index contributed by atoms with van der Waals surface area (Å²) >= 11 is 8.62. The molecule has 34 heavy (non-hydrogen) atoms. The highest BCUT2D eigenvalue weighted by molar-refractivity contribution is 8.01. The van der Waals surface area contributed by atoms with Gasteiger partial charge in [0, 0.05) is 10.6 Å². The van der Waals surface area contributed by atoms with Gasteiger partial charge in [-0.15, -0.1) is 23.1 Å². The quantitative estimate of drug-likeness (QED) is 0.192. The van der Waals surface area contributed by atoms with E-state index in [4.69, 9.17) is 32.6 Å². The highest BCUT2D eigenvalue weighted by Crippen LogP contribution is 2.39. The number of benzene rings is 2. The number of rotatable bonds is 5. The van der Waals surface area contributed by atoms with Crippen molar-refractivity contribution in [2.45, 2.75) is 20.2 Å². The Morgan fingerprint density at radius 1 is 1.18 bits per heavy atom. The highest BCUT2D eigenvalue weighted by Gasteiger charge is 2.38. The van der Waals surface area contributed by atoms with Gasteiger partial charge < -0.3 is 15.9 Å². The molecule has 2 aromatic carbocycles. The van der Waals surface area contributed by atoms with Crippen molar-refractivity contribution in [3.63, 3.8) is 0 Å². The second-order valence-electron chi connectivity index (χ2n) is 6.38. The highest BCUT2D eigenvalue weighted by atomic mass is 35.5. The summed E-state index contributed by atoms with van der Waals surface area (Å²) in [4.78, 5) is 9.29. The van der Waals surface area contributed by atoms with Crippen LogP contribution in [0.3, 0.4) is 0 Å². The van der Waals surface area contributed by atoms with Gasteiger partial charge in [0.05, 0.1) is 18.9 Å².